The Morgan fingerprint density at radius 3 is 3.15 bits per heavy atom. The third kappa shape index (κ3) is 2.14. The SMILES string of the molecule is CCn1cc(CN2CC3CCCC3(C(=O)OC)C2)cn1. The fourth-order valence-corrected chi connectivity index (χ4v) is 3.97. The third-order valence-electron chi connectivity index (χ3n) is 4.95. The van der Waals surface area contributed by atoms with Gasteiger partial charge in [-0.25, -0.2) is 0 Å². The molecule has 0 aromatic carbocycles. The maximum absolute atomic E-state index is 12.2. The number of fused-ring (bicyclic) bond motifs is 1. The van der Waals surface area contributed by atoms with E-state index in [1.165, 1.54) is 12.7 Å². The number of esters is 1. The van der Waals surface area contributed by atoms with E-state index < -0.39 is 0 Å². The van der Waals surface area contributed by atoms with E-state index in [1.54, 1.807) is 0 Å². The molecule has 1 aliphatic carbocycles. The number of aryl methyl sites for hydroxylation is 1. The fourth-order valence-electron chi connectivity index (χ4n) is 3.97. The minimum absolute atomic E-state index is 0.00764. The minimum Gasteiger partial charge on any atom is -0.469 e. The van der Waals surface area contributed by atoms with Gasteiger partial charge in [0.2, 0.25) is 0 Å². The van der Waals surface area contributed by atoms with E-state index in [0.717, 1.165) is 45.4 Å². The molecule has 5 heteroatoms. The van der Waals surface area contributed by atoms with Gasteiger partial charge >= 0.3 is 5.97 Å². The Labute approximate surface area is 119 Å². The van der Waals surface area contributed by atoms with Crippen LogP contribution < -0.4 is 0 Å². The molecule has 5 nitrogen and oxygen atoms in total. The largest absolute Gasteiger partial charge is 0.469 e. The lowest BCUT2D eigenvalue weighted by atomic mass is 9.81. The zero-order valence-corrected chi connectivity index (χ0v) is 12.3. The van der Waals surface area contributed by atoms with Crippen LogP contribution in [0.4, 0.5) is 0 Å². The van der Waals surface area contributed by atoms with Crippen molar-refractivity contribution in [2.75, 3.05) is 20.2 Å². The second-order valence-corrected chi connectivity index (χ2v) is 6.11. The van der Waals surface area contributed by atoms with Crippen molar-refractivity contribution >= 4 is 5.97 Å². The van der Waals surface area contributed by atoms with Gasteiger partial charge in [0.05, 0.1) is 18.7 Å². The number of carbonyl (C=O) groups excluding carboxylic acids is 1. The molecule has 0 bridgehead atoms. The van der Waals surface area contributed by atoms with E-state index >= 15 is 0 Å². The third-order valence-corrected chi connectivity index (χ3v) is 4.95. The standard InChI is InChI=1S/C15H23N3O2/c1-3-18-9-12(7-16-18)8-17-10-13-5-4-6-15(13,11-17)14(19)20-2/h7,9,13H,3-6,8,10-11H2,1-2H3. The van der Waals surface area contributed by atoms with Gasteiger partial charge in [0, 0.05) is 37.9 Å². The fraction of sp³-hybridized carbons (Fsp3) is 0.733. The van der Waals surface area contributed by atoms with Crippen molar-refractivity contribution in [3.8, 4) is 0 Å². The topological polar surface area (TPSA) is 47.4 Å². The summed E-state index contributed by atoms with van der Waals surface area (Å²) in [6.45, 7) is 5.71. The van der Waals surface area contributed by atoms with E-state index in [4.69, 9.17) is 4.74 Å². The first-order chi connectivity index (χ1) is 9.68. The van der Waals surface area contributed by atoms with Gasteiger partial charge in [0.15, 0.2) is 0 Å². The number of methoxy groups -OCH3 is 1. The van der Waals surface area contributed by atoms with Crippen LogP contribution >= 0.6 is 0 Å². The Morgan fingerprint density at radius 1 is 1.60 bits per heavy atom. The zero-order chi connectivity index (χ0) is 14.2. The number of carbonyl (C=O) groups is 1. The van der Waals surface area contributed by atoms with Crippen LogP contribution in [0, 0.1) is 11.3 Å². The lowest BCUT2D eigenvalue weighted by Gasteiger charge is -2.25. The number of hydrogen-bond acceptors (Lipinski definition) is 4. The van der Waals surface area contributed by atoms with E-state index in [0.29, 0.717) is 5.92 Å². The summed E-state index contributed by atoms with van der Waals surface area (Å²) in [5.74, 6) is 0.461. The molecule has 0 radical (unpaired) electrons. The molecule has 3 rings (SSSR count). The van der Waals surface area contributed by atoms with Crippen molar-refractivity contribution in [1.82, 2.24) is 14.7 Å². The van der Waals surface area contributed by atoms with Gasteiger partial charge in [0.25, 0.3) is 0 Å². The summed E-state index contributed by atoms with van der Waals surface area (Å²) in [5.41, 5.74) is 0.988. The molecule has 0 spiro atoms. The van der Waals surface area contributed by atoms with Gasteiger partial charge in [0.1, 0.15) is 0 Å². The quantitative estimate of drug-likeness (QED) is 0.786. The summed E-state index contributed by atoms with van der Waals surface area (Å²) in [5, 5.41) is 4.32. The minimum atomic E-state index is -0.241. The highest BCUT2D eigenvalue weighted by atomic mass is 16.5. The first kappa shape index (κ1) is 13.6. The molecular formula is C15H23N3O2. The Morgan fingerprint density at radius 2 is 2.45 bits per heavy atom. The van der Waals surface area contributed by atoms with Crippen LogP contribution in [0.25, 0.3) is 0 Å². The summed E-state index contributed by atoms with van der Waals surface area (Å²) in [6, 6.07) is 0. The predicted octanol–water partition coefficient (Wildman–Crippen LogP) is 1.68. The van der Waals surface area contributed by atoms with Gasteiger partial charge in [-0.2, -0.15) is 5.10 Å². The van der Waals surface area contributed by atoms with Crippen LogP contribution in [0.15, 0.2) is 12.4 Å². The molecule has 110 valence electrons. The Hall–Kier alpha value is -1.36. The maximum atomic E-state index is 12.2. The number of rotatable bonds is 4. The molecule has 1 aromatic rings. The van der Waals surface area contributed by atoms with Crippen molar-refractivity contribution < 1.29 is 9.53 Å². The monoisotopic (exact) mass is 277 g/mol. The number of ether oxygens (including phenoxy) is 1. The molecule has 1 saturated carbocycles. The summed E-state index contributed by atoms with van der Waals surface area (Å²) >= 11 is 0. The predicted molar refractivity (Wildman–Crippen MR) is 75.0 cm³/mol. The van der Waals surface area contributed by atoms with Gasteiger partial charge < -0.3 is 4.74 Å². The van der Waals surface area contributed by atoms with Crippen LogP contribution in [-0.2, 0) is 22.6 Å². The van der Waals surface area contributed by atoms with E-state index in [2.05, 4.69) is 23.1 Å². The smallest absolute Gasteiger partial charge is 0.313 e. The Kier molecular flexibility index (Phi) is 3.54. The van der Waals surface area contributed by atoms with E-state index in [-0.39, 0.29) is 11.4 Å². The second-order valence-electron chi connectivity index (χ2n) is 6.11. The van der Waals surface area contributed by atoms with E-state index in [9.17, 15) is 4.79 Å². The number of likely N-dealkylation sites (tertiary alicyclic amines) is 1. The van der Waals surface area contributed by atoms with Gasteiger partial charge in [-0.15, -0.1) is 0 Å². The highest BCUT2D eigenvalue weighted by Gasteiger charge is 2.55. The lowest BCUT2D eigenvalue weighted by Crippen LogP contribution is -2.36. The van der Waals surface area contributed by atoms with Crippen LogP contribution in [-0.4, -0.2) is 40.8 Å². The molecule has 1 aromatic heterocycles. The number of aromatic nitrogens is 2. The van der Waals surface area contributed by atoms with Crippen molar-refractivity contribution in [2.24, 2.45) is 11.3 Å². The molecule has 2 atom stereocenters. The first-order valence-electron chi connectivity index (χ1n) is 7.50. The average molecular weight is 277 g/mol. The summed E-state index contributed by atoms with van der Waals surface area (Å²) < 4.78 is 7.02. The summed E-state index contributed by atoms with van der Waals surface area (Å²) in [6.07, 6.45) is 7.32. The van der Waals surface area contributed by atoms with E-state index in [1.807, 2.05) is 10.9 Å². The van der Waals surface area contributed by atoms with Crippen LogP contribution in [0.1, 0.15) is 31.7 Å². The highest BCUT2D eigenvalue weighted by Crippen LogP contribution is 2.49. The van der Waals surface area contributed by atoms with Gasteiger partial charge in [-0.1, -0.05) is 6.42 Å². The zero-order valence-electron chi connectivity index (χ0n) is 12.3. The normalized spacial score (nSPS) is 29.6. The molecular weight excluding hydrogens is 254 g/mol. The van der Waals surface area contributed by atoms with Crippen molar-refractivity contribution in [1.29, 1.82) is 0 Å². The molecule has 2 aliphatic rings. The number of nitrogens with zero attached hydrogens (tertiary/aromatic N) is 3. The molecule has 0 amide bonds. The maximum Gasteiger partial charge on any atom is 0.313 e. The van der Waals surface area contributed by atoms with Crippen LogP contribution in [0.3, 0.4) is 0 Å². The number of hydrogen-bond donors (Lipinski definition) is 0. The molecule has 2 fully saturated rings. The summed E-state index contributed by atoms with van der Waals surface area (Å²) in [4.78, 5) is 14.6. The van der Waals surface area contributed by atoms with Gasteiger partial charge in [-0.3, -0.25) is 14.4 Å². The van der Waals surface area contributed by atoms with Crippen molar-refractivity contribution in [2.45, 2.75) is 39.3 Å². The highest BCUT2D eigenvalue weighted by molar-refractivity contribution is 5.78. The van der Waals surface area contributed by atoms with Crippen LogP contribution in [0.5, 0.6) is 0 Å². The summed E-state index contributed by atoms with van der Waals surface area (Å²) in [7, 11) is 1.51. The molecule has 1 saturated heterocycles. The van der Waals surface area contributed by atoms with Crippen LogP contribution in [0.2, 0.25) is 0 Å². The molecule has 20 heavy (non-hydrogen) atoms. The molecule has 1 aliphatic heterocycles. The molecule has 0 N–H and O–H groups in total. The van der Waals surface area contributed by atoms with Crippen molar-refractivity contribution in [3.05, 3.63) is 18.0 Å². The molecule has 2 heterocycles. The second kappa shape index (κ2) is 5.20. The Bertz CT molecular complexity index is 499. The average Bonchev–Trinajstić information content (AvgIpc) is 3.11. The van der Waals surface area contributed by atoms with Crippen molar-refractivity contribution in [3.63, 3.8) is 0 Å². The molecule has 2 unspecified atom stereocenters. The lowest BCUT2D eigenvalue weighted by molar-refractivity contribution is -0.153. The van der Waals surface area contributed by atoms with Gasteiger partial charge in [-0.05, 0) is 25.7 Å². The first-order valence-corrected chi connectivity index (χ1v) is 7.50. The Balaban J connectivity index is 1.70.